The number of carbonyl (C=O) groups excluding carboxylic acids is 1. The number of likely N-dealkylation sites (tertiary alicyclic amines) is 1. The van der Waals surface area contributed by atoms with Gasteiger partial charge in [-0.2, -0.15) is 17.4 Å². The number of rotatable bonds is 4. The lowest BCUT2D eigenvalue weighted by Gasteiger charge is -2.29. The molecule has 7 nitrogen and oxygen atoms in total. The van der Waals surface area contributed by atoms with Gasteiger partial charge >= 0.3 is 0 Å². The number of hydrogen-bond acceptors (Lipinski definition) is 4. The average Bonchev–Trinajstić information content (AvgIpc) is 3.00. The van der Waals surface area contributed by atoms with Gasteiger partial charge in [-0.3, -0.25) is 4.79 Å². The summed E-state index contributed by atoms with van der Waals surface area (Å²) in [5.74, 6) is -0.0880. The molecule has 24 heavy (non-hydrogen) atoms. The van der Waals surface area contributed by atoms with Gasteiger partial charge in [0.05, 0.1) is 13.2 Å². The molecule has 2 atom stereocenters. The number of amides is 1. The van der Waals surface area contributed by atoms with Crippen LogP contribution in [0.15, 0.2) is 30.3 Å². The summed E-state index contributed by atoms with van der Waals surface area (Å²) >= 11 is 0. The van der Waals surface area contributed by atoms with E-state index in [4.69, 9.17) is 4.74 Å². The number of ether oxygens (including phenoxy) is 1. The van der Waals surface area contributed by atoms with E-state index in [0.717, 1.165) is 5.56 Å². The lowest BCUT2D eigenvalue weighted by molar-refractivity contribution is -0.127. The van der Waals surface area contributed by atoms with Crippen molar-refractivity contribution in [2.45, 2.75) is 18.9 Å². The molecule has 0 spiro atoms. The second-order valence-corrected chi connectivity index (χ2v) is 7.88. The molecule has 132 valence electrons. The van der Waals surface area contributed by atoms with Crippen molar-refractivity contribution in [3.8, 4) is 0 Å². The summed E-state index contributed by atoms with van der Waals surface area (Å²) in [6, 6.07) is 9.41. The Hall–Kier alpha value is -1.48. The second kappa shape index (κ2) is 7.18. The molecule has 3 rings (SSSR count). The minimum Gasteiger partial charge on any atom is -0.379 e. The van der Waals surface area contributed by atoms with Crippen LogP contribution in [0, 0.1) is 0 Å². The van der Waals surface area contributed by atoms with Crippen molar-refractivity contribution in [2.75, 3.05) is 39.4 Å². The van der Waals surface area contributed by atoms with E-state index in [-0.39, 0.29) is 17.9 Å². The predicted molar refractivity (Wildman–Crippen MR) is 89.7 cm³/mol. The number of hydrogen-bond donors (Lipinski definition) is 1. The quantitative estimate of drug-likeness (QED) is 0.837. The SMILES string of the molecule is CC(=O)N1C[C@H](NS(=O)(=O)N2CCOCC2)[C@@H](c2ccccc2)C1. The van der Waals surface area contributed by atoms with E-state index in [1.165, 1.54) is 11.2 Å². The van der Waals surface area contributed by atoms with Crippen LogP contribution in [0.25, 0.3) is 0 Å². The first-order chi connectivity index (χ1) is 11.5. The molecule has 2 saturated heterocycles. The molecule has 1 N–H and O–H groups in total. The van der Waals surface area contributed by atoms with Gasteiger partial charge in [0.2, 0.25) is 5.91 Å². The van der Waals surface area contributed by atoms with Crippen LogP contribution in [-0.4, -0.2) is 69.0 Å². The summed E-state index contributed by atoms with van der Waals surface area (Å²) in [6.45, 7) is 3.96. The molecule has 1 amide bonds. The van der Waals surface area contributed by atoms with Crippen LogP contribution in [0.3, 0.4) is 0 Å². The molecule has 0 saturated carbocycles. The molecule has 0 aromatic heterocycles. The van der Waals surface area contributed by atoms with E-state index in [2.05, 4.69) is 4.72 Å². The first-order valence-electron chi connectivity index (χ1n) is 8.13. The lowest BCUT2D eigenvalue weighted by atomic mass is 9.95. The van der Waals surface area contributed by atoms with Crippen molar-refractivity contribution in [2.24, 2.45) is 0 Å². The van der Waals surface area contributed by atoms with Crippen molar-refractivity contribution in [1.82, 2.24) is 13.9 Å². The van der Waals surface area contributed by atoms with Gasteiger partial charge in [-0.25, -0.2) is 0 Å². The molecule has 0 radical (unpaired) electrons. The first-order valence-corrected chi connectivity index (χ1v) is 9.57. The summed E-state index contributed by atoms with van der Waals surface area (Å²) in [6.07, 6.45) is 0. The summed E-state index contributed by atoms with van der Waals surface area (Å²) in [5, 5.41) is 0. The zero-order chi connectivity index (χ0) is 17.2. The van der Waals surface area contributed by atoms with Crippen LogP contribution in [0.4, 0.5) is 0 Å². The van der Waals surface area contributed by atoms with Crippen molar-refractivity contribution >= 4 is 16.1 Å². The highest BCUT2D eigenvalue weighted by molar-refractivity contribution is 7.87. The maximum absolute atomic E-state index is 12.7. The van der Waals surface area contributed by atoms with Crippen molar-refractivity contribution in [3.63, 3.8) is 0 Å². The molecule has 2 aliphatic rings. The van der Waals surface area contributed by atoms with Gasteiger partial charge in [-0.05, 0) is 5.56 Å². The van der Waals surface area contributed by atoms with Gasteiger partial charge in [0.1, 0.15) is 0 Å². The van der Waals surface area contributed by atoms with E-state index >= 15 is 0 Å². The van der Waals surface area contributed by atoms with Gasteiger partial charge in [0.25, 0.3) is 10.2 Å². The molecule has 0 aliphatic carbocycles. The fraction of sp³-hybridized carbons (Fsp3) is 0.562. The first kappa shape index (κ1) is 17.3. The molecule has 2 heterocycles. The Morgan fingerprint density at radius 2 is 1.83 bits per heavy atom. The summed E-state index contributed by atoms with van der Waals surface area (Å²) in [5.41, 5.74) is 1.04. The Morgan fingerprint density at radius 1 is 1.17 bits per heavy atom. The molecule has 0 bridgehead atoms. The molecule has 8 heteroatoms. The zero-order valence-electron chi connectivity index (χ0n) is 13.7. The van der Waals surface area contributed by atoms with E-state index in [0.29, 0.717) is 39.4 Å². The molecule has 2 aliphatic heterocycles. The topological polar surface area (TPSA) is 79.0 Å². The lowest BCUT2D eigenvalue weighted by Crippen LogP contribution is -2.51. The zero-order valence-corrected chi connectivity index (χ0v) is 14.5. The third kappa shape index (κ3) is 3.77. The number of nitrogens with one attached hydrogen (secondary N) is 1. The largest absolute Gasteiger partial charge is 0.379 e. The van der Waals surface area contributed by atoms with Crippen LogP contribution in [-0.2, 0) is 19.7 Å². The monoisotopic (exact) mass is 353 g/mol. The van der Waals surface area contributed by atoms with Crippen LogP contribution in [0.1, 0.15) is 18.4 Å². The number of benzene rings is 1. The van der Waals surface area contributed by atoms with Crippen molar-refractivity contribution < 1.29 is 17.9 Å². The Balaban J connectivity index is 1.79. The van der Waals surface area contributed by atoms with Gasteiger partial charge in [0, 0.05) is 45.1 Å². The highest BCUT2D eigenvalue weighted by Gasteiger charge is 2.38. The number of nitrogens with zero attached hydrogens (tertiary/aromatic N) is 2. The van der Waals surface area contributed by atoms with Crippen molar-refractivity contribution in [1.29, 1.82) is 0 Å². The van der Waals surface area contributed by atoms with Crippen LogP contribution < -0.4 is 4.72 Å². The standard InChI is InChI=1S/C16H23N3O4S/c1-13(20)18-11-15(14-5-3-2-4-6-14)16(12-18)17-24(21,22)19-7-9-23-10-8-19/h2-6,15-17H,7-12H2,1H3/t15-,16+/m1/s1. The highest BCUT2D eigenvalue weighted by Crippen LogP contribution is 2.28. The Morgan fingerprint density at radius 3 is 2.46 bits per heavy atom. The summed E-state index contributed by atoms with van der Waals surface area (Å²) < 4.78 is 34.7. The molecular formula is C16H23N3O4S. The number of morpholine rings is 1. The van der Waals surface area contributed by atoms with Gasteiger partial charge in [-0.15, -0.1) is 0 Å². The van der Waals surface area contributed by atoms with E-state index in [9.17, 15) is 13.2 Å². The number of carbonyl (C=O) groups is 1. The third-order valence-corrected chi connectivity index (χ3v) is 6.25. The fourth-order valence-electron chi connectivity index (χ4n) is 3.27. The Bertz CT molecular complexity index is 674. The summed E-state index contributed by atoms with van der Waals surface area (Å²) in [7, 11) is -3.59. The molecule has 1 aromatic rings. The van der Waals surface area contributed by atoms with Gasteiger partial charge < -0.3 is 9.64 Å². The minimum absolute atomic E-state index is 0.0380. The Labute approximate surface area is 142 Å². The normalized spacial score (nSPS) is 25.8. The maximum Gasteiger partial charge on any atom is 0.279 e. The molecular weight excluding hydrogens is 330 g/mol. The van der Waals surface area contributed by atoms with E-state index in [1.807, 2.05) is 30.3 Å². The van der Waals surface area contributed by atoms with Crippen molar-refractivity contribution in [3.05, 3.63) is 35.9 Å². The Kier molecular flexibility index (Phi) is 5.19. The minimum atomic E-state index is -3.59. The van der Waals surface area contributed by atoms with Crippen LogP contribution in [0.5, 0.6) is 0 Å². The summed E-state index contributed by atoms with van der Waals surface area (Å²) in [4.78, 5) is 13.5. The fourth-order valence-corrected chi connectivity index (χ4v) is 4.67. The van der Waals surface area contributed by atoms with Gasteiger partial charge in [0.15, 0.2) is 0 Å². The highest BCUT2D eigenvalue weighted by atomic mass is 32.2. The molecule has 1 aromatic carbocycles. The maximum atomic E-state index is 12.7. The van der Waals surface area contributed by atoms with Crippen LogP contribution in [0.2, 0.25) is 0 Å². The average molecular weight is 353 g/mol. The van der Waals surface area contributed by atoms with Crippen LogP contribution >= 0.6 is 0 Å². The van der Waals surface area contributed by atoms with E-state index in [1.54, 1.807) is 4.90 Å². The third-order valence-electron chi connectivity index (χ3n) is 4.60. The molecule has 2 fully saturated rings. The van der Waals surface area contributed by atoms with E-state index < -0.39 is 10.2 Å². The van der Waals surface area contributed by atoms with Gasteiger partial charge in [-0.1, -0.05) is 30.3 Å². The predicted octanol–water partition coefficient (Wildman–Crippen LogP) is 0.168. The second-order valence-electron chi connectivity index (χ2n) is 6.18. The molecule has 0 unspecified atom stereocenters. The smallest absolute Gasteiger partial charge is 0.279 e.